The highest BCUT2D eigenvalue weighted by atomic mass is 19.1. The molecule has 0 bridgehead atoms. The van der Waals surface area contributed by atoms with E-state index in [1.165, 1.54) is 12.3 Å². The Labute approximate surface area is 122 Å². The first-order valence-electron chi connectivity index (χ1n) is 6.06. The molecule has 0 saturated heterocycles. The molecule has 112 valence electrons. The lowest BCUT2D eigenvalue weighted by Crippen LogP contribution is -2.00. The number of nitro benzene ring substituents is 1. The van der Waals surface area contributed by atoms with Gasteiger partial charge in [-0.2, -0.15) is 4.98 Å². The number of nitro groups is 1. The van der Waals surface area contributed by atoms with Crippen LogP contribution in [0.5, 0.6) is 5.75 Å². The summed E-state index contributed by atoms with van der Waals surface area (Å²) in [7, 11) is 0. The van der Waals surface area contributed by atoms with E-state index in [4.69, 9.17) is 13.7 Å². The molecule has 0 unspecified atom stereocenters. The first kappa shape index (κ1) is 13.7. The van der Waals surface area contributed by atoms with E-state index in [9.17, 15) is 14.5 Å². The molecule has 2 heterocycles. The van der Waals surface area contributed by atoms with Crippen molar-refractivity contribution in [1.82, 2.24) is 10.1 Å². The van der Waals surface area contributed by atoms with E-state index in [1.807, 2.05) is 0 Å². The zero-order valence-electron chi connectivity index (χ0n) is 10.9. The third-order valence-electron chi connectivity index (χ3n) is 2.68. The van der Waals surface area contributed by atoms with Crippen molar-refractivity contribution in [1.29, 1.82) is 0 Å². The van der Waals surface area contributed by atoms with Gasteiger partial charge in [-0.3, -0.25) is 10.1 Å². The number of hydrogen-bond acceptors (Lipinski definition) is 7. The molecule has 0 fully saturated rings. The fraction of sp³-hybridized carbons (Fsp3) is 0.0769. The maximum absolute atomic E-state index is 13.6. The maximum atomic E-state index is 13.6. The highest BCUT2D eigenvalue weighted by Gasteiger charge is 2.14. The lowest BCUT2D eigenvalue weighted by Gasteiger charge is -2.03. The fourth-order valence-corrected chi connectivity index (χ4v) is 1.68. The van der Waals surface area contributed by atoms with Crippen LogP contribution in [0, 0.1) is 15.9 Å². The number of furan rings is 1. The molecule has 0 aliphatic carbocycles. The van der Waals surface area contributed by atoms with Crippen molar-refractivity contribution in [3.05, 3.63) is 58.4 Å². The Morgan fingerprint density at radius 2 is 2.23 bits per heavy atom. The van der Waals surface area contributed by atoms with Crippen molar-refractivity contribution in [3.8, 4) is 17.4 Å². The Morgan fingerprint density at radius 3 is 2.91 bits per heavy atom. The molecule has 0 radical (unpaired) electrons. The topological polar surface area (TPSA) is 104 Å². The van der Waals surface area contributed by atoms with E-state index in [-0.39, 0.29) is 29.8 Å². The maximum Gasteiger partial charge on any atom is 0.293 e. The number of nitrogens with zero attached hydrogens (tertiary/aromatic N) is 3. The fourth-order valence-electron chi connectivity index (χ4n) is 1.68. The van der Waals surface area contributed by atoms with Gasteiger partial charge < -0.3 is 13.7 Å². The summed E-state index contributed by atoms with van der Waals surface area (Å²) in [6.07, 6.45) is 1.46. The summed E-state index contributed by atoms with van der Waals surface area (Å²) in [6, 6.07) is 6.40. The third kappa shape index (κ3) is 2.77. The van der Waals surface area contributed by atoms with Crippen LogP contribution in [0.1, 0.15) is 5.82 Å². The molecule has 9 heteroatoms. The second-order valence-electron chi connectivity index (χ2n) is 4.15. The van der Waals surface area contributed by atoms with Crippen LogP contribution in [0.4, 0.5) is 10.1 Å². The molecule has 3 aromatic rings. The lowest BCUT2D eigenvalue weighted by molar-refractivity contribution is -0.385. The largest absolute Gasteiger partial charge is 0.482 e. The van der Waals surface area contributed by atoms with Crippen LogP contribution >= 0.6 is 0 Å². The van der Waals surface area contributed by atoms with Gasteiger partial charge in [0, 0.05) is 6.07 Å². The van der Waals surface area contributed by atoms with Crippen molar-refractivity contribution >= 4 is 5.69 Å². The number of aromatic nitrogens is 2. The number of hydrogen-bond donors (Lipinski definition) is 0. The van der Waals surface area contributed by atoms with Crippen molar-refractivity contribution in [3.63, 3.8) is 0 Å². The molecule has 0 atom stereocenters. The number of rotatable bonds is 5. The van der Waals surface area contributed by atoms with E-state index in [0.29, 0.717) is 5.76 Å². The smallest absolute Gasteiger partial charge is 0.293 e. The predicted octanol–water partition coefficient (Wildman–Crippen LogP) is 2.96. The van der Waals surface area contributed by atoms with Gasteiger partial charge in [0.15, 0.2) is 23.9 Å². The minimum Gasteiger partial charge on any atom is -0.482 e. The molecule has 22 heavy (non-hydrogen) atoms. The summed E-state index contributed by atoms with van der Waals surface area (Å²) in [5.74, 6) is -0.226. The number of non-ortho nitro benzene ring substituents is 1. The Kier molecular flexibility index (Phi) is 3.52. The SMILES string of the molecule is O=[N+]([O-])c1ccc(OCc2noc(-c3ccco3)n2)c(F)c1. The van der Waals surface area contributed by atoms with E-state index >= 15 is 0 Å². The summed E-state index contributed by atoms with van der Waals surface area (Å²) in [6.45, 7) is -0.154. The minimum atomic E-state index is -0.844. The molecule has 0 aliphatic rings. The number of halogens is 1. The van der Waals surface area contributed by atoms with E-state index < -0.39 is 10.7 Å². The first-order chi connectivity index (χ1) is 10.6. The molecule has 0 N–H and O–H groups in total. The molecule has 0 aliphatic heterocycles. The highest BCUT2D eigenvalue weighted by Crippen LogP contribution is 2.23. The third-order valence-corrected chi connectivity index (χ3v) is 2.68. The average Bonchev–Trinajstić information content (AvgIpc) is 3.16. The standard InChI is InChI=1S/C13H8FN3O5/c14-9-6-8(17(18)19)3-4-10(9)21-7-12-15-13(22-16-12)11-2-1-5-20-11/h1-6H,7H2. The average molecular weight is 305 g/mol. The van der Waals surface area contributed by atoms with Gasteiger partial charge in [0.25, 0.3) is 11.6 Å². The second kappa shape index (κ2) is 5.64. The van der Waals surface area contributed by atoms with Crippen LogP contribution in [-0.2, 0) is 6.61 Å². The summed E-state index contributed by atoms with van der Waals surface area (Å²) < 4.78 is 28.9. The Balaban J connectivity index is 1.69. The van der Waals surface area contributed by atoms with E-state index in [0.717, 1.165) is 12.1 Å². The normalized spacial score (nSPS) is 10.6. The van der Waals surface area contributed by atoms with Crippen LogP contribution < -0.4 is 4.74 Å². The van der Waals surface area contributed by atoms with Gasteiger partial charge in [-0.1, -0.05) is 5.16 Å². The summed E-state index contributed by atoms with van der Waals surface area (Å²) in [4.78, 5) is 13.8. The Hall–Kier alpha value is -3.23. The Bertz CT molecular complexity index is 800. The van der Waals surface area contributed by atoms with Gasteiger partial charge in [0.05, 0.1) is 17.3 Å². The minimum absolute atomic E-state index is 0.144. The highest BCUT2D eigenvalue weighted by molar-refractivity contribution is 5.42. The van der Waals surface area contributed by atoms with Crippen molar-refractivity contribution in [2.45, 2.75) is 6.61 Å². The quantitative estimate of drug-likeness (QED) is 0.527. The molecule has 0 amide bonds. The predicted molar refractivity (Wildman–Crippen MR) is 69.4 cm³/mol. The first-order valence-corrected chi connectivity index (χ1v) is 6.06. The Morgan fingerprint density at radius 1 is 1.36 bits per heavy atom. The second-order valence-corrected chi connectivity index (χ2v) is 4.15. The van der Waals surface area contributed by atoms with Crippen molar-refractivity contribution in [2.75, 3.05) is 0 Å². The zero-order chi connectivity index (χ0) is 15.5. The number of ether oxygens (including phenoxy) is 1. The van der Waals surface area contributed by atoms with Crippen LogP contribution in [0.3, 0.4) is 0 Å². The van der Waals surface area contributed by atoms with Gasteiger partial charge in [0.1, 0.15) is 0 Å². The molecular weight excluding hydrogens is 297 g/mol. The molecule has 1 aromatic carbocycles. The van der Waals surface area contributed by atoms with Crippen LogP contribution in [0.25, 0.3) is 11.7 Å². The molecule has 0 saturated carbocycles. The zero-order valence-corrected chi connectivity index (χ0v) is 10.9. The van der Waals surface area contributed by atoms with Gasteiger partial charge >= 0.3 is 0 Å². The van der Waals surface area contributed by atoms with Crippen molar-refractivity contribution in [2.24, 2.45) is 0 Å². The summed E-state index contributed by atoms with van der Waals surface area (Å²) in [5, 5.41) is 14.2. The van der Waals surface area contributed by atoms with Crippen LogP contribution in [-0.4, -0.2) is 15.1 Å². The molecule has 3 rings (SSSR count). The van der Waals surface area contributed by atoms with Gasteiger partial charge in [-0.05, 0) is 18.2 Å². The number of benzene rings is 1. The van der Waals surface area contributed by atoms with Gasteiger partial charge in [-0.15, -0.1) is 0 Å². The van der Waals surface area contributed by atoms with E-state index in [2.05, 4.69) is 10.1 Å². The summed E-state index contributed by atoms with van der Waals surface area (Å²) in [5.41, 5.74) is -0.357. The summed E-state index contributed by atoms with van der Waals surface area (Å²) >= 11 is 0. The van der Waals surface area contributed by atoms with E-state index in [1.54, 1.807) is 12.1 Å². The van der Waals surface area contributed by atoms with Gasteiger partial charge in [0.2, 0.25) is 5.82 Å². The molecule has 0 spiro atoms. The molecule has 8 nitrogen and oxygen atoms in total. The molecular formula is C13H8FN3O5. The molecule has 2 aromatic heterocycles. The van der Waals surface area contributed by atoms with Crippen LogP contribution in [0.2, 0.25) is 0 Å². The van der Waals surface area contributed by atoms with Crippen molar-refractivity contribution < 1.29 is 23.0 Å². The lowest BCUT2D eigenvalue weighted by atomic mass is 10.3. The monoisotopic (exact) mass is 305 g/mol. The van der Waals surface area contributed by atoms with Gasteiger partial charge in [-0.25, -0.2) is 4.39 Å². The van der Waals surface area contributed by atoms with Crippen LogP contribution in [0.15, 0.2) is 45.5 Å².